The lowest BCUT2D eigenvalue weighted by Crippen LogP contribution is -2.01. The molecule has 0 aromatic heterocycles. The van der Waals surface area contributed by atoms with Crippen molar-refractivity contribution in [3.05, 3.63) is 29.3 Å². The molecule has 2 unspecified atom stereocenters. The number of hydrogen-bond acceptors (Lipinski definition) is 2. The maximum atomic E-state index is 5.95. The maximum Gasteiger partial charge on any atom is 0.0361 e. The van der Waals surface area contributed by atoms with Gasteiger partial charge in [0.05, 0.1) is 0 Å². The summed E-state index contributed by atoms with van der Waals surface area (Å²) in [6.45, 7) is 0. The van der Waals surface area contributed by atoms with E-state index in [1.54, 1.807) is 0 Å². The molecule has 12 heavy (non-hydrogen) atoms. The zero-order chi connectivity index (χ0) is 8.13. The van der Waals surface area contributed by atoms with Crippen LogP contribution in [-0.2, 0) is 0 Å². The summed E-state index contributed by atoms with van der Waals surface area (Å²) in [4.78, 5) is 0. The lowest BCUT2D eigenvalue weighted by Gasteiger charge is -2.14. The quantitative estimate of drug-likeness (QED) is 0.617. The van der Waals surface area contributed by atoms with Gasteiger partial charge in [-0.15, -0.1) is 11.8 Å². The predicted octanol–water partition coefficient (Wildman–Crippen LogP) is 2.89. The highest BCUT2D eigenvalue weighted by Gasteiger charge is 2.38. The molecule has 2 aliphatic rings. The lowest BCUT2D eigenvalue weighted by molar-refractivity contribution is 0.719. The van der Waals surface area contributed by atoms with Crippen LogP contribution in [0.2, 0.25) is 0 Å². The van der Waals surface area contributed by atoms with Gasteiger partial charge in [-0.3, -0.25) is 0 Å². The highest BCUT2D eigenvalue weighted by atomic mass is 32.2. The lowest BCUT2D eigenvalue weighted by atomic mass is 9.91. The van der Waals surface area contributed by atoms with Crippen molar-refractivity contribution >= 4 is 17.4 Å². The zero-order valence-electron chi connectivity index (χ0n) is 6.79. The Hall–Kier alpha value is -0.630. The maximum absolute atomic E-state index is 5.95. The van der Waals surface area contributed by atoms with Crippen LogP contribution in [0.25, 0.3) is 0 Å². The van der Waals surface area contributed by atoms with E-state index < -0.39 is 0 Å². The Labute approximate surface area is 76.3 Å². The standard InChI is InChI=1S/C10H11NS/c11-7-3-1-2-6-8-4-5-9(12-8)10(6)7/h1-3,8-9H,4-5,11H2. The Bertz CT molecular complexity index is 335. The van der Waals surface area contributed by atoms with E-state index in [4.69, 9.17) is 5.73 Å². The molecule has 1 aromatic carbocycles. The summed E-state index contributed by atoms with van der Waals surface area (Å²) >= 11 is 2.09. The van der Waals surface area contributed by atoms with Crippen LogP contribution in [-0.4, -0.2) is 0 Å². The first-order chi connectivity index (χ1) is 5.86. The van der Waals surface area contributed by atoms with Gasteiger partial charge in [0.1, 0.15) is 0 Å². The van der Waals surface area contributed by atoms with E-state index in [9.17, 15) is 0 Å². The summed E-state index contributed by atoms with van der Waals surface area (Å²) in [7, 11) is 0. The van der Waals surface area contributed by atoms with Gasteiger partial charge in [-0.1, -0.05) is 12.1 Å². The summed E-state index contributed by atoms with van der Waals surface area (Å²) in [6.07, 6.45) is 2.68. The second kappa shape index (κ2) is 2.19. The molecule has 2 atom stereocenters. The van der Waals surface area contributed by atoms with Crippen molar-refractivity contribution in [2.75, 3.05) is 5.73 Å². The first-order valence-electron chi connectivity index (χ1n) is 4.40. The van der Waals surface area contributed by atoms with Gasteiger partial charge in [-0.05, 0) is 30.0 Å². The highest BCUT2D eigenvalue weighted by molar-refractivity contribution is 8.00. The average molecular weight is 177 g/mol. The van der Waals surface area contributed by atoms with Crippen LogP contribution in [0.4, 0.5) is 5.69 Å². The topological polar surface area (TPSA) is 26.0 Å². The highest BCUT2D eigenvalue weighted by Crippen LogP contribution is 2.62. The Balaban J connectivity index is 2.26. The molecule has 2 N–H and O–H groups in total. The van der Waals surface area contributed by atoms with E-state index >= 15 is 0 Å². The van der Waals surface area contributed by atoms with Gasteiger partial charge in [0, 0.05) is 16.2 Å². The minimum Gasteiger partial charge on any atom is -0.398 e. The zero-order valence-corrected chi connectivity index (χ0v) is 7.60. The minimum absolute atomic E-state index is 0.714. The number of thioether (sulfide) groups is 1. The molecule has 0 saturated carbocycles. The van der Waals surface area contributed by atoms with Crippen LogP contribution in [0.5, 0.6) is 0 Å². The molecule has 2 heterocycles. The molecule has 0 spiro atoms. The van der Waals surface area contributed by atoms with Crippen molar-refractivity contribution in [2.45, 2.75) is 23.3 Å². The molecule has 1 nitrogen and oxygen atoms in total. The molecule has 62 valence electrons. The molecule has 0 amide bonds. The number of benzene rings is 1. The number of fused-ring (bicyclic) bond motifs is 5. The predicted molar refractivity (Wildman–Crippen MR) is 53.2 cm³/mol. The third kappa shape index (κ3) is 0.712. The number of nitrogens with two attached hydrogens (primary N) is 1. The molecule has 2 aliphatic heterocycles. The summed E-state index contributed by atoms with van der Waals surface area (Å²) in [5, 5.41) is 1.47. The molecule has 1 saturated heterocycles. The van der Waals surface area contributed by atoms with E-state index in [-0.39, 0.29) is 0 Å². The molecule has 1 fully saturated rings. The van der Waals surface area contributed by atoms with Crippen LogP contribution < -0.4 is 5.73 Å². The molecule has 1 aromatic rings. The van der Waals surface area contributed by atoms with Gasteiger partial charge in [-0.2, -0.15) is 0 Å². The molecule has 0 aliphatic carbocycles. The molecule has 0 radical (unpaired) electrons. The van der Waals surface area contributed by atoms with Crippen LogP contribution in [0.1, 0.15) is 34.5 Å². The number of nitrogen functional groups attached to an aromatic ring is 1. The third-order valence-corrected chi connectivity index (χ3v) is 4.48. The van der Waals surface area contributed by atoms with Gasteiger partial charge >= 0.3 is 0 Å². The van der Waals surface area contributed by atoms with Crippen molar-refractivity contribution in [3.63, 3.8) is 0 Å². The van der Waals surface area contributed by atoms with E-state index in [1.165, 1.54) is 24.0 Å². The Morgan fingerprint density at radius 3 is 2.92 bits per heavy atom. The van der Waals surface area contributed by atoms with E-state index in [0.717, 1.165) is 10.9 Å². The number of rotatable bonds is 0. The van der Waals surface area contributed by atoms with Crippen molar-refractivity contribution < 1.29 is 0 Å². The first-order valence-corrected chi connectivity index (χ1v) is 5.34. The monoisotopic (exact) mass is 177 g/mol. The van der Waals surface area contributed by atoms with Crippen LogP contribution in [0, 0.1) is 0 Å². The van der Waals surface area contributed by atoms with E-state index in [2.05, 4.69) is 23.9 Å². The summed E-state index contributed by atoms with van der Waals surface area (Å²) in [5.41, 5.74) is 9.91. The van der Waals surface area contributed by atoms with Crippen LogP contribution in [0.3, 0.4) is 0 Å². The Morgan fingerprint density at radius 2 is 2.08 bits per heavy atom. The molecule has 3 rings (SSSR count). The van der Waals surface area contributed by atoms with Gasteiger partial charge in [-0.25, -0.2) is 0 Å². The third-order valence-electron chi connectivity index (χ3n) is 2.86. The second-order valence-electron chi connectivity index (χ2n) is 3.54. The molecule has 2 heteroatoms. The van der Waals surface area contributed by atoms with E-state index in [0.29, 0.717) is 5.25 Å². The fourth-order valence-corrected chi connectivity index (χ4v) is 4.03. The first kappa shape index (κ1) is 6.84. The fraction of sp³-hybridized carbons (Fsp3) is 0.400. The molecular weight excluding hydrogens is 166 g/mol. The summed E-state index contributed by atoms with van der Waals surface area (Å²) in [5.74, 6) is 0. The fourth-order valence-electron chi connectivity index (χ4n) is 2.33. The number of anilines is 1. The number of hydrogen-bond donors (Lipinski definition) is 1. The Morgan fingerprint density at radius 1 is 1.25 bits per heavy atom. The van der Waals surface area contributed by atoms with Gasteiger partial charge < -0.3 is 5.73 Å². The largest absolute Gasteiger partial charge is 0.398 e. The van der Waals surface area contributed by atoms with E-state index in [1.807, 2.05) is 6.07 Å². The summed E-state index contributed by atoms with van der Waals surface area (Å²) in [6, 6.07) is 6.35. The Kier molecular flexibility index (Phi) is 1.25. The van der Waals surface area contributed by atoms with Gasteiger partial charge in [0.25, 0.3) is 0 Å². The van der Waals surface area contributed by atoms with Gasteiger partial charge in [0.15, 0.2) is 0 Å². The van der Waals surface area contributed by atoms with Crippen molar-refractivity contribution in [1.82, 2.24) is 0 Å². The normalized spacial score (nSPS) is 30.7. The summed E-state index contributed by atoms with van der Waals surface area (Å²) < 4.78 is 0. The van der Waals surface area contributed by atoms with Crippen LogP contribution >= 0.6 is 11.8 Å². The van der Waals surface area contributed by atoms with Crippen molar-refractivity contribution in [3.8, 4) is 0 Å². The minimum atomic E-state index is 0.714. The van der Waals surface area contributed by atoms with Crippen molar-refractivity contribution in [1.29, 1.82) is 0 Å². The van der Waals surface area contributed by atoms with Crippen molar-refractivity contribution in [2.24, 2.45) is 0 Å². The second-order valence-corrected chi connectivity index (χ2v) is 4.95. The molecule has 2 bridgehead atoms. The SMILES string of the molecule is Nc1cccc2c1C1CCC2S1. The van der Waals surface area contributed by atoms with Gasteiger partial charge in [0.2, 0.25) is 0 Å². The average Bonchev–Trinajstić information content (AvgIpc) is 2.64. The smallest absolute Gasteiger partial charge is 0.0361 e. The van der Waals surface area contributed by atoms with Crippen LogP contribution in [0.15, 0.2) is 18.2 Å². The molecular formula is C10H11NS.